The van der Waals surface area contributed by atoms with Gasteiger partial charge in [-0.1, -0.05) is 83.8 Å². The minimum Gasteiger partial charge on any atom is -0.198 e. The van der Waals surface area contributed by atoms with E-state index >= 15 is 0 Å². The van der Waals surface area contributed by atoms with Gasteiger partial charge in [0.25, 0.3) is 0 Å². The van der Waals surface area contributed by atoms with Gasteiger partial charge in [-0.15, -0.1) is 0 Å². The predicted octanol–water partition coefficient (Wildman–Crippen LogP) is 8.99. The largest absolute Gasteiger partial charge is 0.198 e. The fourth-order valence-corrected chi connectivity index (χ4v) is 5.83. The standard InChI is InChI=1S/C27H47N/c1-3-5-7-9-11-13-24-14-16-25(17-15-24)26-18-21-27(23-28,22-19-26)20-12-10-8-6-4-2/h8,10,24-26H,3-7,9,11-22H2,1-2H3. The molecule has 0 unspecified atom stereocenters. The van der Waals surface area contributed by atoms with Gasteiger partial charge in [-0.25, -0.2) is 0 Å². The zero-order valence-electron chi connectivity index (χ0n) is 19.1. The van der Waals surface area contributed by atoms with Crippen LogP contribution in [0.25, 0.3) is 0 Å². The molecule has 0 heterocycles. The molecule has 2 rings (SSSR count). The molecular formula is C27H47N. The molecule has 0 aromatic rings. The van der Waals surface area contributed by atoms with Crippen molar-refractivity contribution in [1.82, 2.24) is 0 Å². The van der Waals surface area contributed by atoms with E-state index in [1.807, 2.05) is 0 Å². The minimum absolute atomic E-state index is 0.0112. The Hall–Kier alpha value is -0.770. The summed E-state index contributed by atoms with van der Waals surface area (Å²) in [7, 11) is 0. The van der Waals surface area contributed by atoms with Crippen LogP contribution in [0.2, 0.25) is 0 Å². The Labute approximate surface area is 176 Å². The van der Waals surface area contributed by atoms with Gasteiger partial charge in [0.05, 0.1) is 11.5 Å². The maximum absolute atomic E-state index is 9.84. The zero-order chi connectivity index (χ0) is 20.1. The van der Waals surface area contributed by atoms with E-state index in [1.165, 1.54) is 89.9 Å². The van der Waals surface area contributed by atoms with E-state index in [-0.39, 0.29) is 5.41 Å². The first-order valence-corrected chi connectivity index (χ1v) is 12.8. The SMILES string of the molecule is CCCC=CCCC1(C#N)CCC(C2CCC(CCCCCCC)CC2)CC1. The summed E-state index contributed by atoms with van der Waals surface area (Å²) in [5, 5.41) is 9.84. The molecule has 0 saturated heterocycles. The third kappa shape index (κ3) is 7.93. The van der Waals surface area contributed by atoms with Gasteiger partial charge in [-0.3, -0.25) is 0 Å². The molecule has 0 aromatic carbocycles. The summed E-state index contributed by atoms with van der Waals surface area (Å²) < 4.78 is 0. The summed E-state index contributed by atoms with van der Waals surface area (Å²) in [4.78, 5) is 0. The molecule has 2 fully saturated rings. The summed E-state index contributed by atoms with van der Waals surface area (Å²) >= 11 is 0. The molecule has 2 saturated carbocycles. The van der Waals surface area contributed by atoms with E-state index in [9.17, 15) is 5.26 Å². The first-order chi connectivity index (χ1) is 13.7. The number of hydrogen-bond acceptors (Lipinski definition) is 1. The van der Waals surface area contributed by atoms with Crippen LogP contribution in [0.4, 0.5) is 0 Å². The average molecular weight is 386 g/mol. The van der Waals surface area contributed by atoms with Gasteiger partial charge in [0, 0.05) is 0 Å². The van der Waals surface area contributed by atoms with E-state index in [2.05, 4.69) is 32.1 Å². The molecule has 1 nitrogen and oxygen atoms in total. The van der Waals surface area contributed by atoms with Crippen molar-refractivity contribution in [3.05, 3.63) is 12.2 Å². The molecule has 0 atom stereocenters. The van der Waals surface area contributed by atoms with Crippen LogP contribution >= 0.6 is 0 Å². The molecular weight excluding hydrogens is 338 g/mol. The highest BCUT2D eigenvalue weighted by atomic mass is 14.4. The molecule has 0 amide bonds. The molecule has 160 valence electrons. The average Bonchev–Trinajstić information content (AvgIpc) is 2.74. The fourth-order valence-electron chi connectivity index (χ4n) is 5.83. The van der Waals surface area contributed by atoms with Crippen LogP contribution in [-0.2, 0) is 0 Å². The Bertz CT molecular complexity index is 455. The van der Waals surface area contributed by atoms with Gasteiger partial charge in [-0.05, 0) is 75.5 Å². The van der Waals surface area contributed by atoms with E-state index in [4.69, 9.17) is 0 Å². The molecule has 2 aliphatic rings. The van der Waals surface area contributed by atoms with E-state index < -0.39 is 0 Å². The topological polar surface area (TPSA) is 23.8 Å². The molecule has 0 spiro atoms. The van der Waals surface area contributed by atoms with Crippen molar-refractivity contribution in [3.63, 3.8) is 0 Å². The Balaban J connectivity index is 1.64. The summed E-state index contributed by atoms with van der Waals surface area (Å²) in [6, 6.07) is 2.74. The summed E-state index contributed by atoms with van der Waals surface area (Å²) in [6.07, 6.45) is 28.7. The van der Waals surface area contributed by atoms with Crippen molar-refractivity contribution in [2.45, 2.75) is 129 Å². The van der Waals surface area contributed by atoms with Crippen molar-refractivity contribution < 1.29 is 0 Å². The first kappa shape index (κ1) is 23.5. The van der Waals surface area contributed by atoms with Gasteiger partial charge in [0.15, 0.2) is 0 Å². The normalized spacial score (nSPS) is 31.1. The molecule has 0 bridgehead atoms. The molecule has 0 N–H and O–H groups in total. The third-order valence-electron chi connectivity index (χ3n) is 7.91. The number of rotatable bonds is 12. The maximum Gasteiger partial charge on any atom is 0.0689 e. The van der Waals surface area contributed by atoms with Crippen molar-refractivity contribution in [2.75, 3.05) is 0 Å². The number of hydrogen-bond donors (Lipinski definition) is 0. The number of allylic oxidation sites excluding steroid dienone is 2. The smallest absolute Gasteiger partial charge is 0.0689 e. The van der Waals surface area contributed by atoms with Crippen molar-refractivity contribution in [1.29, 1.82) is 5.26 Å². The zero-order valence-corrected chi connectivity index (χ0v) is 19.1. The molecule has 0 aliphatic heterocycles. The number of unbranched alkanes of at least 4 members (excludes halogenated alkanes) is 5. The van der Waals surface area contributed by atoms with E-state index in [0.29, 0.717) is 0 Å². The lowest BCUT2D eigenvalue weighted by atomic mass is 9.63. The lowest BCUT2D eigenvalue weighted by Crippen LogP contribution is -2.31. The lowest BCUT2D eigenvalue weighted by molar-refractivity contribution is 0.116. The second-order valence-corrected chi connectivity index (χ2v) is 10.0. The van der Waals surface area contributed by atoms with Crippen molar-refractivity contribution in [2.24, 2.45) is 23.2 Å². The summed E-state index contributed by atoms with van der Waals surface area (Å²) in [5.41, 5.74) is -0.0112. The Morgan fingerprint density at radius 2 is 1.43 bits per heavy atom. The minimum atomic E-state index is -0.0112. The van der Waals surface area contributed by atoms with Crippen LogP contribution in [0.3, 0.4) is 0 Å². The quantitative estimate of drug-likeness (QED) is 0.243. The van der Waals surface area contributed by atoms with Gasteiger partial charge >= 0.3 is 0 Å². The first-order valence-electron chi connectivity index (χ1n) is 12.8. The van der Waals surface area contributed by atoms with Crippen LogP contribution in [0.1, 0.15) is 129 Å². The van der Waals surface area contributed by atoms with E-state index in [1.54, 1.807) is 0 Å². The maximum atomic E-state index is 9.84. The van der Waals surface area contributed by atoms with Gasteiger partial charge in [0.2, 0.25) is 0 Å². The Morgan fingerprint density at radius 3 is 2.07 bits per heavy atom. The third-order valence-corrected chi connectivity index (χ3v) is 7.91. The van der Waals surface area contributed by atoms with Crippen LogP contribution in [-0.4, -0.2) is 0 Å². The fraction of sp³-hybridized carbons (Fsp3) is 0.889. The molecule has 0 aromatic heterocycles. The number of nitrogens with zero attached hydrogens (tertiary/aromatic N) is 1. The Morgan fingerprint density at radius 1 is 0.786 bits per heavy atom. The number of nitriles is 1. The molecule has 28 heavy (non-hydrogen) atoms. The highest BCUT2D eigenvalue weighted by Gasteiger charge is 2.38. The van der Waals surface area contributed by atoms with Crippen molar-refractivity contribution >= 4 is 0 Å². The van der Waals surface area contributed by atoms with Crippen molar-refractivity contribution in [3.8, 4) is 6.07 Å². The highest BCUT2D eigenvalue weighted by Crippen LogP contribution is 2.47. The van der Waals surface area contributed by atoms with Gasteiger partial charge in [0.1, 0.15) is 0 Å². The Kier molecular flexibility index (Phi) is 11.3. The molecule has 0 radical (unpaired) electrons. The van der Waals surface area contributed by atoms with Crippen LogP contribution in [0, 0.1) is 34.5 Å². The van der Waals surface area contributed by atoms with E-state index in [0.717, 1.165) is 43.4 Å². The second kappa shape index (κ2) is 13.5. The predicted molar refractivity (Wildman–Crippen MR) is 122 cm³/mol. The lowest BCUT2D eigenvalue weighted by Gasteiger charge is -2.40. The molecule has 2 aliphatic carbocycles. The van der Waals surface area contributed by atoms with Gasteiger partial charge < -0.3 is 0 Å². The highest BCUT2D eigenvalue weighted by molar-refractivity contribution is 5.03. The van der Waals surface area contributed by atoms with Crippen LogP contribution in [0.15, 0.2) is 12.2 Å². The summed E-state index contributed by atoms with van der Waals surface area (Å²) in [5.74, 6) is 2.91. The van der Waals surface area contributed by atoms with Crippen LogP contribution < -0.4 is 0 Å². The van der Waals surface area contributed by atoms with Gasteiger partial charge in [-0.2, -0.15) is 5.26 Å². The van der Waals surface area contributed by atoms with Crippen LogP contribution in [0.5, 0.6) is 0 Å². The molecule has 1 heteroatoms. The second-order valence-electron chi connectivity index (χ2n) is 10.0. The summed E-state index contributed by atoms with van der Waals surface area (Å²) in [6.45, 7) is 4.53. The monoisotopic (exact) mass is 385 g/mol.